The Balaban J connectivity index is 0.00000126. The van der Waals surface area contributed by atoms with Crippen molar-refractivity contribution in [3.8, 4) is 0 Å². The molecule has 0 aliphatic carbocycles. The number of H-pyrrole nitrogens is 1. The number of aromatic nitrogens is 4. The van der Waals surface area contributed by atoms with Gasteiger partial charge in [0.1, 0.15) is 16.7 Å². The van der Waals surface area contributed by atoms with Gasteiger partial charge in [-0.15, -0.1) is 0 Å². The van der Waals surface area contributed by atoms with E-state index in [1.165, 1.54) is 6.20 Å². The van der Waals surface area contributed by atoms with E-state index in [0.717, 1.165) is 5.70 Å². The first kappa shape index (κ1) is 20.6. The molecule has 3 rings (SSSR count). The van der Waals surface area contributed by atoms with Crippen LogP contribution in [-0.2, 0) is 4.74 Å². The summed E-state index contributed by atoms with van der Waals surface area (Å²) in [6.45, 7) is 15.0. The normalized spacial score (nSPS) is 20.0. The van der Waals surface area contributed by atoms with E-state index in [0.29, 0.717) is 35.8 Å². The van der Waals surface area contributed by atoms with Crippen molar-refractivity contribution in [1.29, 1.82) is 0 Å². The zero-order valence-corrected chi connectivity index (χ0v) is 16.6. The molecule has 1 aliphatic heterocycles. The van der Waals surface area contributed by atoms with Gasteiger partial charge >= 0.3 is 0 Å². The fourth-order valence-electron chi connectivity index (χ4n) is 2.94. The topological polar surface area (TPSA) is 96.0 Å². The Morgan fingerprint density at radius 1 is 1.33 bits per heavy atom. The second kappa shape index (κ2) is 9.27. The van der Waals surface area contributed by atoms with Gasteiger partial charge in [0.25, 0.3) is 5.56 Å². The first-order chi connectivity index (χ1) is 13.0. The second-order valence-electron chi connectivity index (χ2n) is 6.07. The zero-order valence-electron chi connectivity index (χ0n) is 16.6. The number of hydrogen-bond acceptors (Lipinski definition) is 7. The molecule has 146 valence electrons. The Kier molecular flexibility index (Phi) is 7.06. The van der Waals surface area contributed by atoms with Crippen LogP contribution in [0.3, 0.4) is 0 Å². The maximum atomic E-state index is 12.2. The molecule has 2 aromatic rings. The quantitative estimate of drug-likeness (QED) is 0.797. The van der Waals surface area contributed by atoms with E-state index in [1.54, 1.807) is 6.08 Å². The molecular weight excluding hydrogens is 344 g/mol. The maximum Gasteiger partial charge on any atom is 0.277 e. The number of ether oxygens (including phenoxy) is 1. The molecule has 3 heterocycles. The molecule has 2 atom stereocenters. The lowest BCUT2D eigenvalue weighted by atomic mass is 10.2. The van der Waals surface area contributed by atoms with Gasteiger partial charge in [0, 0.05) is 18.8 Å². The molecule has 0 spiro atoms. The predicted molar refractivity (Wildman–Crippen MR) is 109 cm³/mol. The fraction of sp³-hybridized carbons (Fsp3) is 0.474. The van der Waals surface area contributed by atoms with Crippen LogP contribution in [0.1, 0.15) is 34.6 Å². The van der Waals surface area contributed by atoms with Crippen molar-refractivity contribution < 1.29 is 4.74 Å². The number of nitrogens with zero attached hydrogens (tertiary/aromatic N) is 4. The third kappa shape index (κ3) is 4.71. The molecule has 1 saturated heterocycles. The fourth-order valence-corrected chi connectivity index (χ4v) is 2.94. The molecule has 2 aromatic heterocycles. The zero-order chi connectivity index (χ0) is 20.0. The van der Waals surface area contributed by atoms with Gasteiger partial charge in [-0.2, -0.15) is 10.1 Å². The number of nitrogens with one attached hydrogen (secondary N) is 2. The summed E-state index contributed by atoms with van der Waals surface area (Å²) in [6.07, 6.45) is 5.22. The highest BCUT2D eigenvalue weighted by Crippen LogP contribution is 2.23. The van der Waals surface area contributed by atoms with Gasteiger partial charge in [0.05, 0.1) is 18.4 Å². The van der Waals surface area contributed by atoms with E-state index in [2.05, 4.69) is 37.0 Å². The highest BCUT2D eigenvalue weighted by molar-refractivity contribution is 5.89. The molecule has 0 radical (unpaired) electrons. The second-order valence-corrected chi connectivity index (χ2v) is 6.07. The third-order valence-corrected chi connectivity index (χ3v) is 4.00. The van der Waals surface area contributed by atoms with Gasteiger partial charge in [0.15, 0.2) is 0 Å². The SMILES string of the molecule is C=C/C(=C\C)Nc1nc(N2CC(C)OC(C)C2)nc2cn[nH]c(=O)c12.CC. The average Bonchev–Trinajstić information content (AvgIpc) is 2.66. The van der Waals surface area contributed by atoms with Crippen LogP contribution in [0.15, 0.2) is 35.4 Å². The molecule has 2 unspecified atom stereocenters. The average molecular weight is 372 g/mol. The van der Waals surface area contributed by atoms with E-state index in [4.69, 9.17) is 4.74 Å². The van der Waals surface area contributed by atoms with Crippen molar-refractivity contribution in [1.82, 2.24) is 20.2 Å². The summed E-state index contributed by atoms with van der Waals surface area (Å²) in [5.74, 6) is 0.979. The molecular formula is C19H28N6O2. The largest absolute Gasteiger partial charge is 0.372 e. The Morgan fingerprint density at radius 3 is 2.59 bits per heavy atom. The van der Waals surface area contributed by atoms with Gasteiger partial charge in [0.2, 0.25) is 5.95 Å². The molecule has 0 bridgehead atoms. The van der Waals surface area contributed by atoms with Gasteiger partial charge in [-0.3, -0.25) is 4.79 Å². The van der Waals surface area contributed by atoms with Crippen LogP contribution >= 0.6 is 0 Å². The molecule has 2 N–H and O–H groups in total. The lowest BCUT2D eigenvalue weighted by Gasteiger charge is -2.35. The van der Waals surface area contributed by atoms with Crippen LogP contribution in [0, 0.1) is 0 Å². The van der Waals surface area contributed by atoms with Crippen molar-refractivity contribution in [3.05, 3.63) is 41.0 Å². The van der Waals surface area contributed by atoms with Gasteiger partial charge in [-0.05, 0) is 26.8 Å². The van der Waals surface area contributed by atoms with Crippen LogP contribution in [0.2, 0.25) is 0 Å². The number of allylic oxidation sites excluding steroid dienone is 2. The Hall–Kier alpha value is -2.74. The van der Waals surface area contributed by atoms with Crippen molar-refractivity contribution in [2.45, 2.75) is 46.8 Å². The van der Waals surface area contributed by atoms with Gasteiger partial charge in [-0.1, -0.05) is 26.5 Å². The minimum atomic E-state index is -0.338. The van der Waals surface area contributed by atoms with E-state index < -0.39 is 0 Å². The molecule has 0 amide bonds. The highest BCUT2D eigenvalue weighted by atomic mass is 16.5. The smallest absolute Gasteiger partial charge is 0.277 e. The monoisotopic (exact) mass is 372 g/mol. The lowest BCUT2D eigenvalue weighted by molar-refractivity contribution is -0.00569. The van der Waals surface area contributed by atoms with Crippen LogP contribution < -0.4 is 15.8 Å². The summed E-state index contributed by atoms with van der Waals surface area (Å²) >= 11 is 0. The lowest BCUT2D eigenvalue weighted by Crippen LogP contribution is -2.46. The van der Waals surface area contributed by atoms with Crippen LogP contribution in [0.4, 0.5) is 11.8 Å². The molecule has 1 fully saturated rings. The molecule has 27 heavy (non-hydrogen) atoms. The summed E-state index contributed by atoms with van der Waals surface area (Å²) in [6, 6.07) is 0. The number of fused-ring (bicyclic) bond motifs is 1. The number of hydrogen-bond donors (Lipinski definition) is 2. The standard InChI is InChI=1S/C17H22N6O2.C2H6/c1-5-12(6-2)19-15-14-13(7-18-22-16(14)24)20-17(21-15)23-8-10(3)25-11(4)9-23;1-2/h5-7,10-11H,1,8-9H2,2-4H3,(H,22,24)(H,19,20,21);1-2H3/b12-6+;. The maximum absolute atomic E-state index is 12.2. The predicted octanol–water partition coefficient (Wildman–Crippen LogP) is 2.85. The minimum Gasteiger partial charge on any atom is -0.372 e. The van der Waals surface area contributed by atoms with Crippen molar-refractivity contribution in [2.24, 2.45) is 0 Å². The minimum absolute atomic E-state index is 0.0797. The van der Waals surface area contributed by atoms with Crippen LogP contribution in [0.25, 0.3) is 10.9 Å². The van der Waals surface area contributed by atoms with Crippen molar-refractivity contribution >= 4 is 22.7 Å². The Labute approximate surface area is 159 Å². The summed E-state index contributed by atoms with van der Waals surface area (Å²) < 4.78 is 5.77. The molecule has 0 saturated carbocycles. The Morgan fingerprint density at radius 2 is 2.00 bits per heavy atom. The molecule has 8 nitrogen and oxygen atoms in total. The highest BCUT2D eigenvalue weighted by Gasteiger charge is 2.25. The van der Waals surface area contributed by atoms with Gasteiger partial charge in [-0.25, -0.2) is 10.1 Å². The first-order valence-corrected chi connectivity index (χ1v) is 9.23. The summed E-state index contributed by atoms with van der Waals surface area (Å²) in [4.78, 5) is 23.4. The molecule has 8 heteroatoms. The number of rotatable bonds is 4. The van der Waals surface area contributed by atoms with E-state index in [1.807, 2.05) is 40.7 Å². The first-order valence-electron chi connectivity index (χ1n) is 9.23. The van der Waals surface area contributed by atoms with E-state index >= 15 is 0 Å². The van der Waals surface area contributed by atoms with E-state index in [-0.39, 0.29) is 17.8 Å². The van der Waals surface area contributed by atoms with Gasteiger partial charge < -0.3 is 15.0 Å². The summed E-state index contributed by atoms with van der Waals surface area (Å²) in [7, 11) is 0. The van der Waals surface area contributed by atoms with E-state index in [9.17, 15) is 4.79 Å². The summed E-state index contributed by atoms with van der Waals surface area (Å²) in [5, 5.41) is 9.81. The van der Waals surface area contributed by atoms with Crippen LogP contribution in [0.5, 0.6) is 0 Å². The summed E-state index contributed by atoms with van der Waals surface area (Å²) in [5.41, 5.74) is 0.906. The number of aromatic amines is 1. The number of anilines is 2. The van der Waals surface area contributed by atoms with Crippen LogP contribution in [-0.4, -0.2) is 45.5 Å². The van der Waals surface area contributed by atoms with Crippen molar-refractivity contribution in [3.63, 3.8) is 0 Å². The Bertz CT molecular complexity index is 866. The van der Waals surface area contributed by atoms with Crippen molar-refractivity contribution in [2.75, 3.05) is 23.3 Å². The molecule has 1 aliphatic rings. The third-order valence-electron chi connectivity index (χ3n) is 4.00. The number of morpholine rings is 1. The molecule has 0 aromatic carbocycles.